The van der Waals surface area contributed by atoms with E-state index < -0.39 is 11.5 Å². The normalized spacial score (nSPS) is 18.8. The zero-order chi connectivity index (χ0) is 14.5. The van der Waals surface area contributed by atoms with E-state index in [1.807, 2.05) is 6.92 Å². The number of aliphatic carboxylic acids is 1. The summed E-state index contributed by atoms with van der Waals surface area (Å²) in [7, 11) is 0. The van der Waals surface area contributed by atoms with Crippen LogP contribution in [0.15, 0.2) is 0 Å². The number of carbonyl (C=O) groups is 1. The molecule has 4 heteroatoms. The van der Waals surface area contributed by atoms with Crippen molar-refractivity contribution in [2.24, 2.45) is 0 Å². The molecule has 0 aromatic heterocycles. The summed E-state index contributed by atoms with van der Waals surface area (Å²) in [6, 6.07) is 0.963. The first-order valence-corrected chi connectivity index (χ1v) is 7.64. The van der Waals surface area contributed by atoms with Crippen LogP contribution in [-0.4, -0.2) is 46.7 Å². The Bertz CT molecular complexity index is 290. The van der Waals surface area contributed by atoms with Crippen molar-refractivity contribution < 1.29 is 9.90 Å². The van der Waals surface area contributed by atoms with Gasteiger partial charge in [0.25, 0.3) is 0 Å². The summed E-state index contributed by atoms with van der Waals surface area (Å²) in [5.41, 5.74) is -0.754. The van der Waals surface area contributed by atoms with Gasteiger partial charge < -0.3 is 10.0 Å². The van der Waals surface area contributed by atoms with Crippen LogP contribution in [0, 0.1) is 0 Å². The summed E-state index contributed by atoms with van der Waals surface area (Å²) in [6.07, 6.45) is 5.02. The van der Waals surface area contributed by atoms with Crippen LogP contribution in [0.25, 0.3) is 0 Å². The molecule has 112 valence electrons. The van der Waals surface area contributed by atoms with E-state index in [1.165, 1.54) is 0 Å². The minimum atomic E-state index is -0.754. The van der Waals surface area contributed by atoms with E-state index in [0.717, 1.165) is 38.8 Å². The lowest BCUT2D eigenvalue weighted by molar-refractivity contribution is -0.144. The van der Waals surface area contributed by atoms with E-state index in [9.17, 15) is 9.90 Å². The lowest BCUT2D eigenvalue weighted by Crippen LogP contribution is -2.51. The Labute approximate surface area is 117 Å². The van der Waals surface area contributed by atoms with E-state index >= 15 is 0 Å². The highest BCUT2D eigenvalue weighted by Gasteiger charge is 2.37. The maximum absolute atomic E-state index is 11.4. The second-order valence-corrected chi connectivity index (χ2v) is 6.29. The van der Waals surface area contributed by atoms with Crippen molar-refractivity contribution in [2.45, 2.75) is 77.4 Å². The molecule has 4 nitrogen and oxygen atoms in total. The molecule has 0 spiro atoms. The molecule has 19 heavy (non-hydrogen) atoms. The van der Waals surface area contributed by atoms with Crippen LogP contribution < -0.4 is 5.32 Å². The molecule has 1 aliphatic rings. The van der Waals surface area contributed by atoms with E-state index in [0.29, 0.717) is 18.5 Å². The van der Waals surface area contributed by atoms with Gasteiger partial charge in [0.1, 0.15) is 5.54 Å². The van der Waals surface area contributed by atoms with Crippen LogP contribution in [0.5, 0.6) is 0 Å². The molecule has 0 bridgehead atoms. The second kappa shape index (κ2) is 7.25. The van der Waals surface area contributed by atoms with Crippen LogP contribution in [0.3, 0.4) is 0 Å². The van der Waals surface area contributed by atoms with Crippen molar-refractivity contribution in [1.82, 2.24) is 10.2 Å². The number of carboxylic acid groups (broad SMARTS) is 1. The van der Waals surface area contributed by atoms with Crippen LogP contribution in [0.4, 0.5) is 0 Å². The highest BCUT2D eigenvalue weighted by molar-refractivity contribution is 5.78. The summed E-state index contributed by atoms with van der Waals surface area (Å²) in [4.78, 5) is 13.9. The molecule has 1 aliphatic carbocycles. The Morgan fingerprint density at radius 1 is 1.42 bits per heavy atom. The van der Waals surface area contributed by atoms with Gasteiger partial charge in [-0.1, -0.05) is 6.92 Å². The topological polar surface area (TPSA) is 52.6 Å². The van der Waals surface area contributed by atoms with Gasteiger partial charge in [-0.3, -0.25) is 10.1 Å². The fraction of sp³-hybridized carbons (Fsp3) is 0.933. The molecule has 0 aromatic rings. The van der Waals surface area contributed by atoms with Gasteiger partial charge in [0.15, 0.2) is 0 Å². The van der Waals surface area contributed by atoms with E-state index in [4.69, 9.17) is 0 Å². The van der Waals surface area contributed by atoms with Crippen LogP contribution in [0.1, 0.15) is 59.8 Å². The average molecular weight is 270 g/mol. The van der Waals surface area contributed by atoms with Gasteiger partial charge in [0.2, 0.25) is 0 Å². The molecule has 1 fully saturated rings. The summed E-state index contributed by atoms with van der Waals surface area (Å²) in [6.45, 7) is 10.5. The molecule has 1 atom stereocenters. The van der Waals surface area contributed by atoms with Gasteiger partial charge in [0, 0.05) is 12.1 Å². The molecule has 0 amide bonds. The quantitative estimate of drug-likeness (QED) is 0.640. The van der Waals surface area contributed by atoms with Crippen molar-refractivity contribution >= 4 is 5.97 Å². The van der Waals surface area contributed by atoms with Gasteiger partial charge in [-0.2, -0.15) is 0 Å². The standard InChI is InChI=1S/C15H30N2O2/c1-5-10-17(12(2)3)11-6-9-15(4,14(18)19)16-13-7-8-13/h12-13,16H,5-11H2,1-4H3,(H,18,19). The lowest BCUT2D eigenvalue weighted by atomic mass is 9.95. The Morgan fingerprint density at radius 2 is 2.05 bits per heavy atom. The van der Waals surface area contributed by atoms with E-state index in [1.54, 1.807) is 0 Å². The predicted octanol–water partition coefficient (Wildman–Crippen LogP) is 2.48. The van der Waals surface area contributed by atoms with Crippen molar-refractivity contribution in [3.8, 4) is 0 Å². The predicted molar refractivity (Wildman–Crippen MR) is 78.4 cm³/mol. The molecule has 0 radical (unpaired) electrons. The first-order chi connectivity index (χ1) is 8.89. The van der Waals surface area contributed by atoms with Crippen LogP contribution >= 0.6 is 0 Å². The SMILES string of the molecule is CCCN(CCCC(C)(NC1CC1)C(=O)O)C(C)C. The zero-order valence-electron chi connectivity index (χ0n) is 12.9. The molecule has 1 rings (SSSR count). The molecule has 0 heterocycles. The third-order valence-electron chi connectivity index (χ3n) is 3.94. The first-order valence-electron chi connectivity index (χ1n) is 7.64. The third-order valence-corrected chi connectivity index (χ3v) is 3.94. The molecule has 0 aliphatic heterocycles. The number of rotatable bonds is 10. The summed E-state index contributed by atoms with van der Waals surface area (Å²) >= 11 is 0. The van der Waals surface area contributed by atoms with Crippen molar-refractivity contribution in [3.63, 3.8) is 0 Å². The number of nitrogens with zero attached hydrogens (tertiary/aromatic N) is 1. The fourth-order valence-electron chi connectivity index (χ4n) is 2.47. The number of nitrogens with one attached hydrogen (secondary N) is 1. The summed E-state index contributed by atoms with van der Waals surface area (Å²) in [5.74, 6) is -0.717. The fourth-order valence-corrected chi connectivity index (χ4v) is 2.47. The van der Waals surface area contributed by atoms with Gasteiger partial charge >= 0.3 is 5.97 Å². The highest BCUT2D eigenvalue weighted by Crippen LogP contribution is 2.25. The number of hydrogen-bond donors (Lipinski definition) is 2. The molecule has 1 saturated carbocycles. The third kappa shape index (κ3) is 5.49. The van der Waals surface area contributed by atoms with Gasteiger partial charge in [-0.15, -0.1) is 0 Å². The molecule has 2 N–H and O–H groups in total. The molecule has 0 aromatic carbocycles. The lowest BCUT2D eigenvalue weighted by Gasteiger charge is -2.30. The highest BCUT2D eigenvalue weighted by atomic mass is 16.4. The Hall–Kier alpha value is -0.610. The maximum Gasteiger partial charge on any atom is 0.323 e. The molecular weight excluding hydrogens is 240 g/mol. The minimum absolute atomic E-state index is 0.429. The number of carboxylic acids is 1. The maximum atomic E-state index is 11.4. The monoisotopic (exact) mass is 270 g/mol. The molecule has 0 saturated heterocycles. The van der Waals surface area contributed by atoms with Crippen LogP contribution in [-0.2, 0) is 4.79 Å². The Morgan fingerprint density at radius 3 is 2.47 bits per heavy atom. The largest absolute Gasteiger partial charge is 0.480 e. The van der Waals surface area contributed by atoms with E-state index in [-0.39, 0.29) is 0 Å². The Balaban J connectivity index is 2.40. The van der Waals surface area contributed by atoms with Crippen LogP contribution in [0.2, 0.25) is 0 Å². The molecule has 1 unspecified atom stereocenters. The van der Waals surface area contributed by atoms with E-state index in [2.05, 4.69) is 31.0 Å². The summed E-state index contributed by atoms with van der Waals surface area (Å²) < 4.78 is 0. The first kappa shape index (κ1) is 16.4. The molecular formula is C15H30N2O2. The summed E-state index contributed by atoms with van der Waals surface area (Å²) in [5, 5.41) is 12.7. The minimum Gasteiger partial charge on any atom is -0.480 e. The second-order valence-electron chi connectivity index (χ2n) is 6.29. The van der Waals surface area contributed by atoms with Crippen molar-refractivity contribution in [2.75, 3.05) is 13.1 Å². The van der Waals surface area contributed by atoms with Crippen molar-refractivity contribution in [1.29, 1.82) is 0 Å². The van der Waals surface area contributed by atoms with Gasteiger partial charge in [-0.25, -0.2) is 0 Å². The smallest absolute Gasteiger partial charge is 0.323 e. The van der Waals surface area contributed by atoms with Crippen molar-refractivity contribution in [3.05, 3.63) is 0 Å². The zero-order valence-corrected chi connectivity index (χ0v) is 12.9. The average Bonchev–Trinajstić information content (AvgIpc) is 3.11. The number of hydrogen-bond acceptors (Lipinski definition) is 3. The van der Waals surface area contributed by atoms with Gasteiger partial charge in [0.05, 0.1) is 0 Å². The van der Waals surface area contributed by atoms with Gasteiger partial charge in [-0.05, 0) is 66.0 Å². The Kier molecular flexibility index (Phi) is 6.27.